The number of carbonyl (C=O) groups is 1. The van der Waals surface area contributed by atoms with Gasteiger partial charge < -0.3 is 4.74 Å². The van der Waals surface area contributed by atoms with E-state index in [0.717, 1.165) is 5.56 Å². The normalized spacial score (nSPS) is 21.2. The summed E-state index contributed by atoms with van der Waals surface area (Å²) >= 11 is 6.06. The van der Waals surface area contributed by atoms with Gasteiger partial charge >= 0.3 is 0 Å². The number of ketones is 1. The Morgan fingerprint density at radius 2 is 1.79 bits per heavy atom. The van der Waals surface area contributed by atoms with Crippen LogP contribution in [-0.2, 0) is 4.74 Å². The van der Waals surface area contributed by atoms with Gasteiger partial charge in [0.05, 0.1) is 0 Å². The summed E-state index contributed by atoms with van der Waals surface area (Å²) in [5, 5.41) is 0.585. The van der Waals surface area contributed by atoms with Gasteiger partial charge in [0, 0.05) is 16.1 Å². The molecule has 1 aliphatic heterocycles. The summed E-state index contributed by atoms with van der Waals surface area (Å²) in [6.45, 7) is 0. The molecule has 0 saturated carbocycles. The van der Waals surface area contributed by atoms with Crippen LogP contribution in [0.15, 0.2) is 48.5 Å². The lowest BCUT2D eigenvalue weighted by atomic mass is 10.0. The first-order valence-electron chi connectivity index (χ1n) is 5.86. The van der Waals surface area contributed by atoms with Crippen molar-refractivity contribution in [3.8, 4) is 0 Å². The second-order valence-electron chi connectivity index (χ2n) is 4.37. The van der Waals surface area contributed by atoms with Crippen LogP contribution in [0.3, 0.4) is 0 Å². The van der Waals surface area contributed by atoms with E-state index >= 15 is 0 Å². The van der Waals surface area contributed by atoms with Crippen LogP contribution in [0.25, 0.3) is 0 Å². The minimum atomic E-state index is -0.523. The van der Waals surface area contributed by atoms with Crippen LogP contribution in [0, 0.1) is 5.82 Å². The molecule has 0 radical (unpaired) electrons. The largest absolute Gasteiger partial charge is 0.356 e. The first-order chi connectivity index (χ1) is 9.16. The Bertz CT molecular complexity index is 624. The van der Waals surface area contributed by atoms with Crippen LogP contribution in [0.1, 0.15) is 22.0 Å². The van der Waals surface area contributed by atoms with Crippen molar-refractivity contribution in [2.24, 2.45) is 0 Å². The fraction of sp³-hybridized carbons (Fsp3) is 0.133. The predicted octanol–water partition coefficient (Wildman–Crippen LogP) is 3.80. The van der Waals surface area contributed by atoms with Crippen LogP contribution in [0.2, 0.25) is 5.02 Å². The first kappa shape index (κ1) is 12.3. The molecule has 0 spiro atoms. The van der Waals surface area contributed by atoms with E-state index in [4.69, 9.17) is 16.3 Å². The Morgan fingerprint density at radius 1 is 1.11 bits per heavy atom. The zero-order valence-corrected chi connectivity index (χ0v) is 10.6. The smallest absolute Gasteiger partial charge is 0.194 e. The number of epoxide rings is 1. The van der Waals surface area contributed by atoms with Crippen LogP contribution in [-0.4, -0.2) is 11.9 Å². The molecule has 2 aromatic carbocycles. The lowest BCUT2D eigenvalue weighted by molar-refractivity contribution is 0.0953. The average Bonchev–Trinajstić information content (AvgIpc) is 3.19. The number of Topliss-reactive ketones (excluding diaryl/α,β-unsaturated/α-hetero) is 1. The fourth-order valence-corrected chi connectivity index (χ4v) is 2.28. The predicted molar refractivity (Wildman–Crippen MR) is 69.8 cm³/mol. The molecule has 4 heteroatoms. The van der Waals surface area contributed by atoms with E-state index in [1.165, 1.54) is 24.3 Å². The van der Waals surface area contributed by atoms with Crippen molar-refractivity contribution in [2.45, 2.75) is 12.2 Å². The summed E-state index contributed by atoms with van der Waals surface area (Å²) in [4.78, 5) is 12.1. The lowest BCUT2D eigenvalue weighted by Gasteiger charge is -1.99. The molecule has 2 nitrogen and oxygen atoms in total. The number of hydrogen-bond acceptors (Lipinski definition) is 2. The molecule has 0 aliphatic carbocycles. The quantitative estimate of drug-likeness (QED) is 0.630. The molecule has 2 atom stereocenters. The monoisotopic (exact) mass is 276 g/mol. The summed E-state index contributed by atoms with van der Waals surface area (Å²) < 4.78 is 18.2. The van der Waals surface area contributed by atoms with E-state index in [2.05, 4.69) is 0 Å². The molecule has 1 aliphatic rings. The maximum atomic E-state index is 12.8. The third kappa shape index (κ3) is 2.39. The summed E-state index contributed by atoms with van der Waals surface area (Å²) in [6.07, 6.45) is -0.823. The van der Waals surface area contributed by atoms with Crippen molar-refractivity contribution in [2.75, 3.05) is 0 Å². The summed E-state index contributed by atoms with van der Waals surface area (Å²) in [5.41, 5.74) is 1.26. The van der Waals surface area contributed by atoms with Crippen molar-refractivity contribution in [1.29, 1.82) is 0 Å². The maximum Gasteiger partial charge on any atom is 0.194 e. The first-order valence-corrected chi connectivity index (χ1v) is 6.24. The SMILES string of the molecule is O=C(c1ccc(F)cc1)[C@@H]1O[C@H]1c1ccccc1Cl. The van der Waals surface area contributed by atoms with Gasteiger partial charge in [-0.2, -0.15) is 0 Å². The van der Waals surface area contributed by atoms with Gasteiger partial charge in [0.2, 0.25) is 0 Å². The van der Waals surface area contributed by atoms with E-state index in [0.29, 0.717) is 10.6 Å². The zero-order valence-electron chi connectivity index (χ0n) is 9.85. The third-order valence-corrected chi connectivity index (χ3v) is 3.43. The molecule has 0 amide bonds. The Kier molecular flexibility index (Phi) is 3.09. The minimum absolute atomic E-state index is 0.148. The van der Waals surface area contributed by atoms with Crippen LogP contribution >= 0.6 is 11.6 Å². The molecule has 2 aromatic rings. The fourth-order valence-electron chi connectivity index (χ4n) is 2.03. The number of halogens is 2. The standard InChI is InChI=1S/C15H10ClFO2/c16-12-4-2-1-3-11(12)14-15(19-14)13(18)9-5-7-10(17)8-6-9/h1-8,14-15H/t14-,15-/m0/s1. The molecule has 1 heterocycles. The number of ether oxygens (including phenoxy) is 1. The Hall–Kier alpha value is -1.71. The molecule has 1 saturated heterocycles. The van der Waals surface area contributed by atoms with Gasteiger partial charge in [-0.1, -0.05) is 29.8 Å². The van der Waals surface area contributed by atoms with E-state index in [-0.39, 0.29) is 17.7 Å². The molecule has 96 valence electrons. The van der Waals surface area contributed by atoms with E-state index < -0.39 is 6.10 Å². The molecule has 19 heavy (non-hydrogen) atoms. The van der Waals surface area contributed by atoms with Crippen LogP contribution in [0.5, 0.6) is 0 Å². The number of hydrogen-bond donors (Lipinski definition) is 0. The lowest BCUT2D eigenvalue weighted by Crippen LogP contribution is -2.08. The van der Waals surface area contributed by atoms with E-state index in [1.807, 2.05) is 18.2 Å². The average molecular weight is 277 g/mol. The highest BCUT2D eigenvalue weighted by molar-refractivity contribution is 6.31. The minimum Gasteiger partial charge on any atom is -0.356 e. The highest BCUT2D eigenvalue weighted by atomic mass is 35.5. The molecular weight excluding hydrogens is 267 g/mol. The van der Waals surface area contributed by atoms with Crippen molar-refractivity contribution < 1.29 is 13.9 Å². The van der Waals surface area contributed by atoms with Gasteiger partial charge in [-0.05, 0) is 30.3 Å². The van der Waals surface area contributed by atoms with Gasteiger partial charge in [-0.3, -0.25) is 4.79 Å². The molecule has 1 fully saturated rings. The van der Waals surface area contributed by atoms with Crippen molar-refractivity contribution >= 4 is 17.4 Å². The van der Waals surface area contributed by atoms with Gasteiger partial charge in [0.25, 0.3) is 0 Å². The second kappa shape index (κ2) is 4.76. The molecule has 0 aromatic heterocycles. The van der Waals surface area contributed by atoms with Gasteiger partial charge in [-0.25, -0.2) is 4.39 Å². The van der Waals surface area contributed by atoms with Gasteiger partial charge in [0.1, 0.15) is 11.9 Å². The van der Waals surface area contributed by atoms with Crippen molar-refractivity contribution in [3.05, 3.63) is 70.5 Å². The number of carbonyl (C=O) groups excluding carboxylic acids is 1. The topological polar surface area (TPSA) is 29.6 Å². The number of rotatable bonds is 3. The summed E-state index contributed by atoms with van der Waals surface area (Å²) in [5.74, 6) is -0.513. The van der Waals surface area contributed by atoms with Gasteiger partial charge in [0.15, 0.2) is 11.9 Å². The highest BCUT2D eigenvalue weighted by Gasteiger charge is 2.46. The summed E-state index contributed by atoms with van der Waals surface area (Å²) in [7, 11) is 0. The van der Waals surface area contributed by atoms with E-state index in [1.54, 1.807) is 6.07 Å². The summed E-state index contributed by atoms with van der Waals surface area (Å²) in [6, 6.07) is 12.7. The zero-order chi connectivity index (χ0) is 13.4. The Labute approximate surface area is 114 Å². The van der Waals surface area contributed by atoms with Crippen LogP contribution < -0.4 is 0 Å². The van der Waals surface area contributed by atoms with Crippen molar-refractivity contribution in [1.82, 2.24) is 0 Å². The van der Waals surface area contributed by atoms with Crippen molar-refractivity contribution in [3.63, 3.8) is 0 Å². The molecule has 0 bridgehead atoms. The molecule has 0 unspecified atom stereocenters. The number of benzene rings is 2. The molecule has 3 rings (SSSR count). The highest BCUT2D eigenvalue weighted by Crippen LogP contribution is 2.43. The Morgan fingerprint density at radius 3 is 2.47 bits per heavy atom. The Balaban J connectivity index is 1.78. The van der Waals surface area contributed by atoms with E-state index in [9.17, 15) is 9.18 Å². The second-order valence-corrected chi connectivity index (χ2v) is 4.78. The maximum absolute atomic E-state index is 12.8. The van der Waals surface area contributed by atoms with Gasteiger partial charge in [-0.15, -0.1) is 0 Å². The molecular formula is C15H10ClFO2. The van der Waals surface area contributed by atoms with Crippen LogP contribution in [0.4, 0.5) is 4.39 Å². The third-order valence-electron chi connectivity index (χ3n) is 3.09. The molecule has 0 N–H and O–H groups in total.